The first-order chi connectivity index (χ1) is 12.0. The van der Waals surface area contributed by atoms with Crippen LogP contribution in [-0.4, -0.2) is 36.0 Å². The average Bonchev–Trinajstić information content (AvgIpc) is 2.59. The molecule has 2 rings (SSSR count). The molecule has 0 radical (unpaired) electrons. The van der Waals surface area contributed by atoms with Crippen LogP contribution in [0.25, 0.3) is 0 Å². The molecule has 0 spiro atoms. The van der Waals surface area contributed by atoms with E-state index in [2.05, 4.69) is 38.9 Å². The summed E-state index contributed by atoms with van der Waals surface area (Å²) in [5.74, 6) is 1.03. The highest BCUT2D eigenvalue weighted by atomic mass is 16.1. The number of carbonyl (C=O) groups excluding carboxylic acids is 1. The van der Waals surface area contributed by atoms with Gasteiger partial charge in [0.25, 0.3) is 0 Å². The number of hydrogen-bond donors (Lipinski definition) is 3. The first-order valence-electron chi connectivity index (χ1n) is 9.17. The number of nitrogens with zero attached hydrogens (tertiary/aromatic N) is 2. The topological polar surface area (TPSA) is 78.4 Å². The van der Waals surface area contributed by atoms with Crippen LogP contribution in [0.2, 0.25) is 0 Å². The van der Waals surface area contributed by atoms with E-state index >= 15 is 0 Å². The van der Waals surface area contributed by atoms with Gasteiger partial charge in [-0.1, -0.05) is 12.5 Å². The van der Waals surface area contributed by atoms with E-state index in [-0.39, 0.29) is 23.9 Å². The average molecular weight is 345 g/mol. The molecule has 0 aromatic carbocycles. The monoisotopic (exact) mass is 345 g/mol. The van der Waals surface area contributed by atoms with E-state index in [1.54, 1.807) is 13.2 Å². The molecule has 2 unspecified atom stereocenters. The summed E-state index contributed by atoms with van der Waals surface area (Å²) >= 11 is 0. The molecule has 25 heavy (non-hydrogen) atoms. The predicted molar refractivity (Wildman–Crippen MR) is 101 cm³/mol. The summed E-state index contributed by atoms with van der Waals surface area (Å²) in [6, 6.07) is 4.46. The summed E-state index contributed by atoms with van der Waals surface area (Å²) in [5.41, 5.74) is 2.18. The fraction of sp³-hybridized carbons (Fsp3) is 0.632. The molecule has 1 aromatic rings. The molecule has 0 bridgehead atoms. The van der Waals surface area contributed by atoms with E-state index in [1.165, 1.54) is 0 Å². The van der Waals surface area contributed by atoms with E-state index in [0.29, 0.717) is 6.54 Å². The van der Waals surface area contributed by atoms with Crippen molar-refractivity contribution in [2.45, 2.75) is 65.1 Å². The van der Waals surface area contributed by atoms with Crippen LogP contribution < -0.4 is 16.0 Å². The lowest BCUT2D eigenvalue weighted by atomic mass is 9.85. The van der Waals surface area contributed by atoms with Gasteiger partial charge >= 0.3 is 0 Å². The molecule has 0 aliphatic heterocycles. The molecule has 1 aliphatic carbocycles. The largest absolute Gasteiger partial charge is 0.354 e. The lowest BCUT2D eigenvalue weighted by Gasteiger charge is -2.30. The summed E-state index contributed by atoms with van der Waals surface area (Å²) in [6.45, 7) is 6.69. The van der Waals surface area contributed by atoms with Crippen molar-refractivity contribution >= 4 is 11.9 Å². The van der Waals surface area contributed by atoms with Gasteiger partial charge in [-0.05, 0) is 51.7 Å². The fourth-order valence-corrected chi connectivity index (χ4v) is 3.22. The van der Waals surface area contributed by atoms with E-state index in [4.69, 9.17) is 0 Å². The highest BCUT2D eigenvalue weighted by Gasteiger charge is 2.27. The molecule has 1 saturated carbocycles. The quantitative estimate of drug-likeness (QED) is 0.564. The second-order valence-electron chi connectivity index (χ2n) is 7.06. The second kappa shape index (κ2) is 9.39. The molecule has 1 aromatic heterocycles. The highest BCUT2D eigenvalue weighted by Crippen LogP contribution is 2.24. The summed E-state index contributed by atoms with van der Waals surface area (Å²) in [6.07, 6.45) is 5.75. The Morgan fingerprint density at radius 1 is 1.40 bits per heavy atom. The number of rotatable bonds is 5. The summed E-state index contributed by atoms with van der Waals surface area (Å²) in [4.78, 5) is 21.0. The van der Waals surface area contributed by atoms with Gasteiger partial charge in [-0.2, -0.15) is 0 Å². The highest BCUT2D eigenvalue weighted by molar-refractivity contribution is 5.81. The molecule has 138 valence electrons. The van der Waals surface area contributed by atoms with Crippen molar-refractivity contribution in [3.8, 4) is 0 Å². The number of aryl methyl sites for hydroxylation is 1. The minimum Gasteiger partial charge on any atom is -0.354 e. The van der Waals surface area contributed by atoms with Gasteiger partial charge in [0.2, 0.25) is 5.91 Å². The maximum atomic E-state index is 12.3. The minimum atomic E-state index is 0.0878. The van der Waals surface area contributed by atoms with Gasteiger partial charge in [0.15, 0.2) is 5.96 Å². The Balaban J connectivity index is 1.86. The number of aromatic nitrogens is 1. The Kier molecular flexibility index (Phi) is 7.22. The Bertz CT molecular complexity index is 599. The molecule has 0 saturated heterocycles. The first-order valence-corrected chi connectivity index (χ1v) is 9.17. The SMILES string of the molecule is CN=C(NCc1ncccc1C)NC1CCCC(C(=O)NC(C)C)C1. The summed E-state index contributed by atoms with van der Waals surface area (Å²) in [5, 5.41) is 9.82. The Morgan fingerprint density at radius 3 is 2.88 bits per heavy atom. The van der Waals surface area contributed by atoms with Gasteiger partial charge in [-0.25, -0.2) is 0 Å². The number of hydrogen-bond acceptors (Lipinski definition) is 3. The molecule has 1 aliphatic rings. The second-order valence-corrected chi connectivity index (χ2v) is 7.06. The lowest BCUT2D eigenvalue weighted by Crippen LogP contribution is -2.47. The molecule has 1 heterocycles. The van der Waals surface area contributed by atoms with Crippen molar-refractivity contribution in [2.75, 3.05) is 7.05 Å². The number of nitrogens with one attached hydrogen (secondary N) is 3. The van der Waals surface area contributed by atoms with E-state index in [9.17, 15) is 4.79 Å². The molecular formula is C19H31N5O. The summed E-state index contributed by atoms with van der Waals surface area (Å²) < 4.78 is 0. The number of pyridine rings is 1. The fourth-order valence-electron chi connectivity index (χ4n) is 3.22. The minimum absolute atomic E-state index is 0.0878. The van der Waals surface area contributed by atoms with Gasteiger partial charge in [0.1, 0.15) is 0 Å². The predicted octanol–water partition coefficient (Wildman–Crippen LogP) is 2.14. The molecule has 1 amide bonds. The van der Waals surface area contributed by atoms with Crippen molar-refractivity contribution in [3.05, 3.63) is 29.6 Å². The van der Waals surface area contributed by atoms with Crippen LogP contribution in [-0.2, 0) is 11.3 Å². The van der Waals surface area contributed by atoms with E-state index in [1.807, 2.05) is 19.9 Å². The third kappa shape index (κ3) is 6.03. The van der Waals surface area contributed by atoms with Gasteiger partial charge in [0, 0.05) is 31.2 Å². The zero-order chi connectivity index (χ0) is 18.2. The lowest BCUT2D eigenvalue weighted by molar-refractivity contribution is -0.126. The van der Waals surface area contributed by atoms with Crippen molar-refractivity contribution in [3.63, 3.8) is 0 Å². The zero-order valence-corrected chi connectivity index (χ0v) is 15.8. The van der Waals surface area contributed by atoms with Crippen LogP contribution in [0.1, 0.15) is 50.8 Å². The van der Waals surface area contributed by atoms with Crippen molar-refractivity contribution in [2.24, 2.45) is 10.9 Å². The van der Waals surface area contributed by atoms with E-state index < -0.39 is 0 Å². The van der Waals surface area contributed by atoms with E-state index in [0.717, 1.165) is 42.9 Å². The van der Waals surface area contributed by atoms with Crippen molar-refractivity contribution in [1.29, 1.82) is 0 Å². The van der Waals surface area contributed by atoms with Crippen LogP contribution in [0, 0.1) is 12.8 Å². The van der Waals surface area contributed by atoms with Crippen LogP contribution >= 0.6 is 0 Å². The van der Waals surface area contributed by atoms with Crippen LogP contribution in [0.5, 0.6) is 0 Å². The Hall–Kier alpha value is -2.11. The number of guanidine groups is 1. The zero-order valence-electron chi connectivity index (χ0n) is 15.8. The van der Waals surface area contributed by atoms with Crippen molar-refractivity contribution in [1.82, 2.24) is 20.9 Å². The Morgan fingerprint density at radius 2 is 2.20 bits per heavy atom. The third-order valence-corrected chi connectivity index (χ3v) is 4.58. The molecule has 2 atom stereocenters. The van der Waals surface area contributed by atoms with Gasteiger partial charge < -0.3 is 16.0 Å². The smallest absolute Gasteiger partial charge is 0.223 e. The number of amides is 1. The van der Waals surface area contributed by atoms with Gasteiger partial charge in [0.05, 0.1) is 12.2 Å². The molecule has 3 N–H and O–H groups in total. The van der Waals surface area contributed by atoms with Crippen molar-refractivity contribution < 1.29 is 4.79 Å². The molecule has 1 fully saturated rings. The normalized spacial score (nSPS) is 21.1. The van der Waals surface area contributed by atoms with Crippen LogP contribution in [0.4, 0.5) is 0 Å². The maximum Gasteiger partial charge on any atom is 0.223 e. The van der Waals surface area contributed by atoms with Crippen LogP contribution in [0.15, 0.2) is 23.3 Å². The summed E-state index contributed by atoms with van der Waals surface area (Å²) in [7, 11) is 1.77. The third-order valence-electron chi connectivity index (χ3n) is 4.58. The molecule has 6 nitrogen and oxygen atoms in total. The first kappa shape index (κ1) is 19.2. The van der Waals surface area contributed by atoms with Crippen LogP contribution in [0.3, 0.4) is 0 Å². The van der Waals surface area contributed by atoms with Gasteiger partial charge in [-0.15, -0.1) is 0 Å². The Labute approximate surface area is 150 Å². The standard InChI is InChI=1S/C19H31N5O/c1-13(2)23-18(25)15-8-5-9-16(11-15)24-19(20-4)22-12-17-14(3)7-6-10-21-17/h6-7,10,13,15-16H,5,8-9,11-12H2,1-4H3,(H,23,25)(H2,20,22,24). The molecule has 6 heteroatoms. The maximum absolute atomic E-state index is 12.3. The molecular weight excluding hydrogens is 314 g/mol. The number of carbonyl (C=O) groups is 1. The number of aliphatic imine (C=N–C) groups is 1. The van der Waals surface area contributed by atoms with Gasteiger partial charge in [-0.3, -0.25) is 14.8 Å².